The maximum atomic E-state index is 11.2. The van der Waals surface area contributed by atoms with Gasteiger partial charge < -0.3 is 10.4 Å². The number of nitrogens with one attached hydrogen (secondary N) is 2. The topological polar surface area (TPSA) is 78.4 Å². The minimum absolute atomic E-state index is 0.0546. The van der Waals surface area contributed by atoms with Gasteiger partial charge in [0.1, 0.15) is 0 Å². The average molecular weight is 284 g/mol. The molecule has 3 N–H and O–H groups in total. The number of rotatable bonds is 6. The predicted octanol–water partition coefficient (Wildman–Crippen LogP) is 1.23. The van der Waals surface area contributed by atoms with E-state index >= 15 is 0 Å². The third-order valence-electron chi connectivity index (χ3n) is 3.08. The molecule has 0 radical (unpaired) electrons. The van der Waals surface area contributed by atoms with E-state index in [-0.39, 0.29) is 6.04 Å². The average Bonchev–Trinajstić information content (AvgIpc) is 3.10. The first-order chi connectivity index (χ1) is 8.85. The van der Waals surface area contributed by atoms with Crippen LogP contribution < -0.4 is 10.0 Å². The highest BCUT2D eigenvalue weighted by Crippen LogP contribution is 2.25. The molecule has 0 aliphatic heterocycles. The Morgan fingerprint density at radius 2 is 2.05 bits per heavy atom. The molecule has 106 valence electrons. The monoisotopic (exact) mass is 284 g/mol. The Kier molecular flexibility index (Phi) is 4.13. The fourth-order valence-electron chi connectivity index (χ4n) is 2.00. The van der Waals surface area contributed by atoms with Crippen LogP contribution in [0.15, 0.2) is 24.3 Å². The van der Waals surface area contributed by atoms with E-state index in [0.29, 0.717) is 17.3 Å². The molecule has 1 aliphatic rings. The molecule has 0 amide bonds. The van der Waals surface area contributed by atoms with Gasteiger partial charge in [0.05, 0.1) is 12.4 Å². The highest BCUT2D eigenvalue weighted by Gasteiger charge is 2.26. The quantitative estimate of drug-likeness (QED) is 0.734. The molecule has 0 heterocycles. The third-order valence-corrected chi connectivity index (χ3v) is 3.69. The Hall–Kier alpha value is -1.11. The first-order valence-corrected chi connectivity index (χ1v) is 8.26. The van der Waals surface area contributed by atoms with E-state index in [1.165, 1.54) is 0 Å². The zero-order valence-corrected chi connectivity index (χ0v) is 11.9. The lowest BCUT2D eigenvalue weighted by Crippen LogP contribution is -2.33. The lowest BCUT2D eigenvalue weighted by molar-refractivity contribution is 0.135. The van der Waals surface area contributed by atoms with Gasteiger partial charge in [0.2, 0.25) is 10.0 Å². The molecule has 6 heteroatoms. The molecule has 1 aromatic rings. The zero-order valence-electron chi connectivity index (χ0n) is 11.1. The summed E-state index contributed by atoms with van der Waals surface area (Å²) in [5.41, 5.74) is 1.17. The van der Waals surface area contributed by atoms with Crippen molar-refractivity contribution in [1.29, 1.82) is 0 Å². The highest BCUT2D eigenvalue weighted by atomic mass is 32.2. The second-order valence-corrected chi connectivity index (χ2v) is 6.92. The summed E-state index contributed by atoms with van der Waals surface area (Å²) in [5.74, 6) is 0. The van der Waals surface area contributed by atoms with Crippen molar-refractivity contribution in [3.63, 3.8) is 0 Å². The van der Waals surface area contributed by atoms with E-state index in [2.05, 4.69) is 10.0 Å². The Morgan fingerprint density at radius 3 is 2.63 bits per heavy atom. The van der Waals surface area contributed by atoms with Crippen molar-refractivity contribution >= 4 is 15.7 Å². The molecule has 19 heavy (non-hydrogen) atoms. The van der Waals surface area contributed by atoms with Crippen LogP contribution in [0.3, 0.4) is 0 Å². The van der Waals surface area contributed by atoms with E-state index in [1.807, 2.05) is 6.92 Å². The SMILES string of the molecule is CC(NC1CC1)C(O)c1cccc(NS(C)(=O)=O)c1. The van der Waals surface area contributed by atoms with E-state index in [1.54, 1.807) is 24.3 Å². The fourth-order valence-corrected chi connectivity index (χ4v) is 2.56. The fraction of sp³-hybridized carbons (Fsp3) is 0.538. The second kappa shape index (κ2) is 5.48. The molecule has 1 fully saturated rings. The minimum atomic E-state index is -3.30. The molecule has 0 bridgehead atoms. The maximum absolute atomic E-state index is 11.2. The van der Waals surface area contributed by atoms with Crippen molar-refractivity contribution in [2.75, 3.05) is 11.0 Å². The molecule has 2 rings (SSSR count). The lowest BCUT2D eigenvalue weighted by Gasteiger charge is -2.21. The summed E-state index contributed by atoms with van der Waals surface area (Å²) in [6.07, 6.45) is 2.77. The van der Waals surface area contributed by atoms with E-state index in [0.717, 1.165) is 19.1 Å². The van der Waals surface area contributed by atoms with E-state index in [4.69, 9.17) is 0 Å². The van der Waals surface area contributed by atoms with Crippen molar-refractivity contribution in [2.45, 2.75) is 38.0 Å². The van der Waals surface area contributed by atoms with Gasteiger partial charge in [-0.3, -0.25) is 4.72 Å². The smallest absolute Gasteiger partial charge is 0.229 e. The minimum Gasteiger partial charge on any atom is -0.387 e. The number of hydrogen-bond donors (Lipinski definition) is 3. The van der Waals surface area contributed by atoms with Gasteiger partial charge in [0.15, 0.2) is 0 Å². The lowest BCUT2D eigenvalue weighted by atomic mass is 10.0. The summed E-state index contributed by atoms with van der Waals surface area (Å²) in [7, 11) is -3.30. The van der Waals surface area contributed by atoms with Crippen LogP contribution in [0.2, 0.25) is 0 Å². The standard InChI is InChI=1S/C13H20N2O3S/c1-9(14-11-6-7-11)13(16)10-4-3-5-12(8-10)15-19(2,17)18/h3-5,8-9,11,13-16H,6-7H2,1-2H3. The second-order valence-electron chi connectivity index (χ2n) is 5.17. The molecule has 0 aromatic heterocycles. The summed E-state index contributed by atoms with van der Waals surface area (Å²) < 4.78 is 24.8. The molecular formula is C13H20N2O3S. The van der Waals surface area contributed by atoms with Crippen LogP contribution in [-0.2, 0) is 10.0 Å². The van der Waals surface area contributed by atoms with Gasteiger partial charge >= 0.3 is 0 Å². The van der Waals surface area contributed by atoms with Gasteiger partial charge in [-0.05, 0) is 37.5 Å². The third kappa shape index (κ3) is 4.49. The van der Waals surface area contributed by atoms with Crippen molar-refractivity contribution < 1.29 is 13.5 Å². The number of benzene rings is 1. The molecule has 1 saturated carbocycles. The van der Waals surface area contributed by atoms with Gasteiger partial charge in [0, 0.05) is 17.8 Å². The Bertz CT molecular complexity index is 541. The summed E-state index contributed by atoms with van der Waals surface area (Å²) >= 11 is 0. The van der Waals surface area contributed by atoms with Crippen LogP contribution in [0.25, 0.3) is 0 Å². The Balaban J connectivity index is 2.08. The van der Waals surface area contributed by atoms with Crippen LogP contribution in [0.5, 0.6) is 0 Å². The number of aliphatic hydroxyl groups excluding tert-OH is 1. The van der Waals surface area contributed by atoms with Crippen LogP contribution in [0, 0.1) is 0 Å². The molecule has 1 aliphatic carbocycles. The molecule has 2 unspecified atom stereocenters. The number of aliphatic hydroxyl groups is 1. The van der Waals surface area contributed by atoms with Crippen molar-refractivity contribution in [2.24, 2.45) is 0 Å². The molecule has 0 spiro atoms. The largest absolute Gasteiger partial charge is 0.387 e. The number of hydrogen-bond acceptors (Lipinski definition) is 4. The van der Waals surface area contributed by atoms with Crippen molar-refractivity contribution in [3.8, 4) is 0 Å². The highest BCUT2D eigenvalue weighted by molar-refractivity contribution is 7.92. The molecule has 0 saturated heterocycles. The zero-order chi connectivity index (χ0) is 14.0. The normalized spacial score (nSPS) is 18.9. The van der Waals surface area contributed by atoms with E-state index in [9.17, 15) is 13.5 Å². The van der Waals surface area contributed by atoms with Gasteiger partial charge in [-0.25, -0.2) is 8.42 Å². The van der Waals surface area contributed by atoms with Crippen LogP contribution >= 0.6 is 0 Å². The summed E-state index contributed by atoms with van der Waals surface area (Å²) in [6, 6.07) is 7.31. The summed E-state index contributed by atoms with van der Waals surface area (Å²) in [4.78, 5) is 0. The first kappa shape index (κ1) is 14.3. The van der Waals surface area contributed by atoms with Crippen molar-refractivity contribution in [1.82, 2.24) is 5.32 Å². The summed E-state index contributed by atoms with van der Waals surface area (Å²) in [5, 5.41) is 13.6. The molecular weight excluding hydrogens is 264 g/mol. The molecule has 2 atom stereocenters. The van der Waals surface area contributed by atoms with Crippen LogP contribution in [0.1, 0.15) is 31.4 Å². The maximum Gasteiger partial charge on any atom is 0.229 e. The van der Waals surface area contributed by atoms with Crippen LogP contribution in [0.4, 0.5) is 5.69 Å². The van der Waals surface area contributed by atoms with Crippen LogP contribution in [-0.4, -0.2) is 31.9 Å². The molecule has 5 nitrogen and oxygen atoms in total. The number of anilines is 1. The molecule has 1 aromatic carbocycles. The van der Waals surface area contributed by atoms with Gasteiger partial charge in [-0.2, -0.15) is 0 Å². The van der Waals surface area contributed by atoms with Gasteiger partial charge in [-0.15, -0.1) is 0 Å². The Labute approximate surface area is 114 Å². The first-order valence-electron chi connectivity index (χ1n) is 6.37. The van der Waals surface area contributed by atoms with Gasteiger partial charge in [-0.1, -0.05) is 12.1 Å². The predicted molar refractivity (Wildman–Crippen MR) is 75.5 cm³/mol. The van der Waals surface area contributed by atoms with Crippen molar-refractivity contribution in [3.05, 3.63) is 29.8 Å². The number of sulfonamides is 1. The van der Waals surface area contributed by atoms with Gasteiger partial charge in [0.25, 0.3) is 0 Å². The van der Waals surface area contributed by atoms with E-state index < -0.39 is 16.1 Å². The summed E-state index contributed by atoms with van der Waals surface area (Å²) in [6.45, 7) is 1.93. The Morgan fingerprint density at radius 1 is 1.37 bits per heavy atom.